The molecule has 0 atom stereocenters. The third-order valence-electron chi connectivity index (χ3n) is 3.55. The summed E-state index contributed by atoms with van der Waals surface area (Å²) in [6.45, 7) is 1.41. The maximum absolute atomic E-state index is 5.05. The highest BCUT2D eigenvalue weighted by molar-refractivity contribution is 5.58. The Bertz CT molecular complexity index is 581. The molecule has 2 heterocycles. The Morgan fingerprint density at radius 2 is 2.20 bits per heavy atom. The maximum Gasteiger partial charge on any atom is 0.137 e. The molecule has 1 N–H and O–H groups in total. The van der Waals surface area contributed by atoms with Gasteiger partial charge in [0.25, 0.3) is 0 Å². The van der Waals surface area contributed by atoms with Gasteiger partial charge in [-0.1, -0.05) is 0 Å². The van der Waals surface area contributed by atoms with Crippen molar-refractivity contribution in [3.8, 4) is 0 Å². The molecule has 0 aromatic carbocycles. The second-order valence-electron chi connectivity index (χ2n) is 4.96. The molecule has 0 saturated carbocycles. The van der Waals surface area contributed by atoms with E-state index >= 15 is 0 Å². The Kier molecular flexibility index (Phi) is 3.92. The first-order valence-electron chi connectivity index (χ1n) is 6.98. The average Bonchev–Trinajstić information content (AvgIpc) is 2.93. The number of aromatic nitrogens is 4. The van der Waals surface area contributed by atoms with Crippen molar-refractivity contribution in [2.75, 3.05) is 19.0 Å². The molecule has 2 aromatic rings. The highest BCUT2D eigenvalue weighted by atomic mass is 16.5. The third-order valence-corrected chi connectivity index (χ3v) is 3.55. The predicted molar refractivity (Wildman–Crippen MR) is 76.1 cm³/mol. The summed E-state index contributed by atoms with van der Waals surface area (Å²) in [4.78, 5) is 8.75. The summed E-state index contributed by atoms with van der Waals surface area (Å²) in [5.41, 5.74) is 3.39. The molecule has 106 valence electrons. The van der Waals surface area contributed by atoms with E-state index < -0.39 is 0 Å². The topological polar surface area (TPSA) is 64.9 Å². The van der Waals surface area contributed by atoms with Crippen LogP contribution in [0.4, 0.5) is 11.5 Å². The fourth-order valence-corrected chi connectivity index (χ4v) is 2.50. The van der Waals surface area contributed by atoms with Gasteiger partial charge < -0.3 is 10.1 Å². The Hall–Kier alpha value is -1.95. The monoisotopic (exact) mass is 273 g/mol. The molecule has 0 saturated heterocycles. The van der Waals surface area contributed by atoms with Crippen LogP contribution in [0.15, 0.2) is 18.7 Å². The average molecular weight is 273 g/mol. The number of aryl methyl sites for hydroxylation is 1. The van der Waals surface area contributed by atoms with Crippen molar-refractivity contribution in [1.29, 1.82) is 0 Å². The van der Waals surface area contributed by atoms with Crippen LogP contribution in [0, 0.1) is 0 Å². The number of methoxy groups -OCH3 is 1. The zero-order valence-corrected chi connectivity index (χ0v) is 11.7. The van der Waals surface area contributed by atoms with Crippen molar-refractivity contribution >= 4 is 11.5 Å². The minimum absolute atomic E-state index is 0.657. The number of fused-ring (bicyclic) bond motifs is 1. The highest BCUT2D eigenvalue weighted by Gasteiger charge is 2.15. The van der Waals surface area contributed by atoms with Gasteiger partial charge in [-0.2, -0.15) is 5.10 Å². The fourth-order valence-electron chi connectivity index (χ4n) is 2.50. The van der Waals surface area contributed by atoms with Crippen LogP contribution in [0.25, 0.3) is 0 Å². The number of nitrogens with one attached hydrogen (secondary N) is 1. The largest absolute Gasteiger partial charge is 0.383 e. The van der Waals surface area contributed by atoms with Gasteiger partial charge >= 0.3 is 0 Å². The van der Waals surface area contributed by atoms with Crippen LogP contribution in [0.3, 0.4) is 0 Å². The van der Waals surface area contributed by atoms with Crippen molar-refractivity contribution in [2.45, 2.75) is 32.2 Å². The van der Waals surface area contributed by atoms with E-state index in [0.29, 0.717) is 6.61 Å². The summed E-state index contributed by atoms with van der Waals surface area (Å²) in [5.74, 6) is 0.918. The van der Waals surface area contributed by atoms with Crippen LogP contribution < -0.4 is 5.32 Å². The summed E-state index contributed by atoms with van der Waals surface area (Å²) in [7, 11) is 1.69. The standard InChI is InChI=1S/C14H19N5O/c1-20-7-6-19-9-11(8-17-19)18-14-12-4-2-3-5-13(12)15-10-16-14/h8-10H,2-7H2,1H3,(H,15,16,18). The zero-order valence-electron chi connectivity index (χ0n) is 11.7. The molecule has 1 aliphatic carbocycles. The van der Waals surface area contributed by atoms with Gasteiger partial charge in [0.05, 0.1) is 25.0 Å². The third kappa shape index (κ3) is 2.80. The van der Waals surface area contributed by atoms with E-state index in [2.05, 4.69) is 20.4 Å². The first-order chi connectivity index (χ1) is 9.86. The molecule has 6 heteroatoms. The van der Waals surface area contributed by atoms with Crippen LogP contribution in [0.2, 0.25) is 0 Å². The van der Waals surface area contributed by atoms with Gasteiger partial charge in [0.15, 0.2) is 0 Å². The molecule has 0 fully saturated rings. The molecular weight excluding hydrogens is 254 g/mol. The van der Waals surface area contributed by atoms with E-state index in [4.69, 9.17) is 4.74 Å². The quantitative estimate of drug-likeness (QED) is 0.902. The van der Waals surface area contributed by atoms with Crippen molar-refractivity contribution < 1.29 is 4.74 Å². The molecule has 0 amide bonds. The van der Waals surface area contributed by atoms with Crippen LogP contribution >= 0.6 is 0 Å². The summed E-state index contributed by atoms with van der Waals surface area (Å²) in [5, 5.41) is 7.65. The van der Waals surface area contributed by atoms with Crippen molar-refractivity contribution in [3.63, 3.8) is 0 Å². The minimum atomic E-state index is 0.657. The van der Waals surface area contributed by atoms with Crippen LogP contribution in [-0.4, -0.2) is 33.5 Å². The van der Waals surface area contributed by atoms with Gasteiger partial charge in [0.1, 0.15) is 12.1 Å². The number of hydrogen-bond donors (Lipinski definition) is 1. The normalized spacial score (nSPS) is 14.1. The molecule has 0 spiro atoms. The lowest BCUT2D eigenvalue weighted by Crippen LogP contribution is -2.09. The van der Waals surface area contributed by atoms with E-state index in [-0.39, 0.29) is 0 Å². The van der Waals surface area contributed by atoms with Gasteiger partial charge in [-0.3, -0.25) is 4.68 Å². The van der Waals surface area contributed by atoms with Crippen LogP contribution in [0.1, 0.15) is 24.1 Å². The summed E-state index contributed by atoms with van der Waals surface area (Å²) >= 11 is 0. The molecule has 2 aromatic heterocycles. The second-order valence-corrected chi connectivity index (χ2v) is 4.96. The molecule has 20 heavy (non-hydrogen) atoms. The number of nitrogens with zero attached hydrogens (tertiary/aromatic N) is 4. The van der Waals surface area contributed by atoms with E-state index in [9.17, 15) is 0 Å². The summed E-state index contributed by atoms with van der Waals surface area (Å²) in [6, 6.07) is 0. The van der Waals surface area contributed by atoms with Gasteiger partial charge in [0, 0.05) is 24.6 Å². The first-order valence-corrected chi connectivity index (χ1v) is 6.98. The smallest absolute Gasteiger partial charge is 0.137 e. The number of anilines is 2. The molecule has 6 nitrogen and oxygen atoms in total. The Morgan fingerprint density at radius 1 is 1.30 bits per heavy atom. The summed E-state index contributed by atoms with van der Waals surface area (Å²) in [6.07, 6.45) is 9.96. The predicted octanol–water partition coefficient (Wildman–Crippen LogP) is 1.94. The van der Waals surface area contributed by atoms with E-state index in [1.165, 1.54) is 24.1 Å². The molecule has 1 aliphatic rings. The summed E-state index contributed by atoms with van der Waals surface area (Å²) < 4.78 is 6.91. The maximum atomic E-state index is 5.05. The molecular formula is C14H19N5O. The fraction of sp³-hybridized carbons (Fsp3) is 0.500. The SMILES string of the molecule is COCCn1cc(Nc2ncnc3c2CCCC3)cn1. The van der Waals surface area contributed by atoms with Crippen molar-refractivity contribution in [1.82, 2.24) is 19.7 Å². The minimum Gasteiger partial charge on any atom is -0.383 e. The van der Waals surface area contributed by atoms with E-state index in [0.717, 1.165) is 30.9 Å². The van der Waals surface area contributed by atoms with Gasteiger partial charge in [-0.25, -0.2) is 9.97 Å². The van der Waals surface area contributed by atoms with Crippen LogP contribution in [-0.2, 0) is 24.1 Å². The van der Waals surface area contributed by atoms with Gasteiger partial charge in [-0.15, -0.1) is 0 Å². The van der Waals surface area contributed by atoms with Crippen molar-refractivity contribution in [2.24, 2.45) is 0 Å². The number of hydrogen-bond acceptors (Lipinski definition) is 5. The van der Waals surface area contributed by atoms with Crippen LogP contribution in [0.5, 0.6) is 0 Å². The Morgan fingerprint density at radius 3 is 3.10 bits per heavy atom. The van der Waals surface area contributed by atoms with E-state index in [1.807, 2.05) is 17.1 Å². The molecule has 0 aliphatic heterocycles. The molecule has 0 bridgehead atoms. The Labute approximate surface area is 118 Å². The highest BCUT2D eigenvalue weighted by Crippen LogP contribution is 2.26. The second kappa shape index (κ2) is 6.00. The molecule has 0 radical (unpaired) electrons. The molecule has 3 rings (SSSR count). The lowest BCUT2D eigenvalue weighted by Gasteiger charge is -2.17. The van der Waals surface area contributed by atoms with Gasteiger partial charge in [-0.05, 0) is 25.7 Å². The van der Waals surface area contributed by atoms with E-state index in [1.54, 1.807) is 13.4 Å². The number of ether oxygens (including phenoxy) is 1. The van der Waals surface area contributed by atoms with Gasteiger partial charge in [0.2, 0.25) is 0 Å². The Balaban J connectivity index is 1.76. The first kappa shape index (κ1) is 13.1. The molecule has 0 unspecified atom stereocenters. The lowest BCUT2D eigenvalue weighted by atomic mass is 9.96. The lowest BCUT2D eigenvalue weighted by molar-refractivity contribution is 0.183. The van der Waals surface area contributed by atoms with Crippen molar-refractivity contribution in [3.05, 3.63) is 30.0 Å². The number of rotatable bonds is 5. The zero-order chi connectivity index (χ0) is 13.8.